The molecule has 72 valence electrons. The highest BCUT2D eigenvalue weighted by Crippen LogP contribution is 2.21. The van der Waals surface area contributed by atoms with Crippen LogP contribution in [0.3, 0.4) is 0 Å². The smallest absolute Gasteiger partial charge is 0.115 e. The highest BCUT2D eigenvalue weighted by atomic mass is 35.5. The maximum atomic E-state index is 5.53. The van der Waals surface area contributed by atoms with E-state index in [1.54, 1.807) is 0 Å². The number of fused-ring (bicyclic) bond motifs is 1. The van der Waals surface area contributed by atoms with Crippen molar-refractivity contribution in [2.75, 3.05) is 5.88 Å². The molecule has 0 spiro atoms. The van der Waals surface area contributed by atoms with E-state index in [4.69, 9.17) is 17.3 Å². The predicted molar refractivity (Wildman–Crippen MR) is 61.6 cm³/mol. The van der Waals surface area contributed by atoms with Crippen molar-refractivity contribution in [2.24, 2.45) is 10.7 Å². The number of aromatic nitrogens is 1. The highest BCUT2D eigenvalue weighted by Gasteiger charge is 1.98. The third-order valence-corrected chi connectivity index (χ3v) is 2.69. The Morgan fingerprint density at radius 3 is 3.21 bits per heavy atom. The molecule has 0 amide bonds. The molecule has 0 radical (unpaired) electrons. The summed E-state index contributed by atoms with van der Waals surface area (Å²) in [5, 5.41) is 3.12. The van der Waals surface area contributed by atoms with Crippen LogP contribution >= 0.6 is 23.1 Å². The lowest BCUT2D eigenvalue weighted by atomic mass is 10.2. The highest BCUT2D eigenvalue weighted by molar-refractivity contribution is 7.04. The van der Waals surface area contributed by atoms with Crippen LogP contribution < -0.4 is 5.73 Å². The summed E-state index contributed by atoms with van der Waals surface area (Å²) in [6, 6.07) is 5.76. The lowest BCUT2D eigenvalue weighted by Crippen LogP contribution is -2.12. The summed E-state index contributed by atoms with van der Waals surface area (Å²) in [6.45, 7) is 0. The zero-order chi connectivity index (χ0) is 9.97. The van der Waals surface area contributed by atoms with E-state index >= 15 is 0 Å². The van der Waals surface area contributed by atoms with E-state index < -0.39 is 0 Å². The minimum Gasteiger partial charge on any atom is -0.386 e. The minimum atomic E-state index is 0.245. The third-order valence-electron chi connectivity index (χ3n) is 1.75. The van der Waals surface area contributed by atoms with Crippen LogP contribution in [0.5, 0.6) is 0 Å². The standard InChI is InChI=1S/C9H8ClN3S/c10-4-9(11)12-7-2-1-6-5-14-13-8(6)3-7/h1-3,5H,4H2,(H2,11,12). The van der Waals surface area contributed by atoms with Gasteiger partial charge in [0.1, 0.15) is 5.84 Å². The summed E-state index contributed by atoms with van der Waals surface area (Å²) in [5.41, 5.74) is 7.26. The van der Waals surface area contributed by atoms with Crippen LogP contribution in [0.25, 0.3) is 10.9 Å². The second-order valence-corrected chi connectivity index (χ2v) is 3.69. The van der Waals surface area contributed by atoms with Gasteiger partial charge < -0.3 is 5.73 Å². The lowest BCUT2D eigenvalue weighted by Gasteiger charge is -1.95. The molecule has 0 bridgehead atoms. The summed E-state index contributed by atoms with van der Waals surface area (Å²) in [7, 11) is 0. The number of nitrogens with zero attached hydrogens (tertiary/aromatic N) is 2. The summed E-state index contributed by atoms with van der Waals surface area (Å²) in [4.78, 5) is 4.13. The van der Waals surface area contributed by atoms with Crippen LogP contribution in [0.1, 0.15) is 0 Å². The maximum absolute atomic E-state index is 5.53. The molecule has 2 aromatic rings. The molecule has 3 nitrogen and oxygen atoms in total. The fourth-order valence-electron chi connectivity index (χ4n) is 1.12. The molecule has 0 unspecified atom stereocenters. The molecule has 0 atom stereocenters. The third kappa shape index (κ3) is 1.86. The van der Waals surface area contributed by atoms with Crippen LogP contribution in [0.4, 0.5) is 5.69 Å². The first-order valence-electron chi connectivity index (χ1n) is 4.03. The number of amidine groups is 1. The topological polar surface area (TPSA) is 51.3 Å². The Labute approximate surface area is 90.4 Å². The molecule has 1 aromatic carbocycles. The lowest BCUT2D eigenvalue weighted by molar-refractivity contribution is 1.46. The van der Waals surface area contributed by atoms with Crippen LogP contribution in [0.15, 0.2) is 28.6 Å². The fraction of sp³-hybridized carbons (Fsp3) is 0.111. The number of hydrogen-bond acceptors (Lipinski definition) is 3. The van der Waals surface area contributed by atoms with Crippen molar-refractivity contribution >= 4 is 45.6 Å². The van der Waals surface area contributed by atoms with Crippen molar-refractivity contribution in [3.05, 3.63) is 23.6 Å². The quantitative estimate of drug-likeness (QED) is 0.485. The van der Waals surface area contributed by atoms with Crippen molar-refractivity contribution in [2.45, 2.75) is 0 Å². The first-order chi connectivity index (χ1) is 6.79. The van der Waals surface area contributed by atoms with Crippen LogP contribution in [-0.2, 0) is 0 Å². The Hall–Kier alpha value is -1.13. The van der Waals surface area contributed by atoms with E-state index in [9.17, 15) is 0 Å². The van der Waals surface area contributed by atoms with E-state index in [0.717, 1.165) is 16.6 Å². The number of hydrogen-bond donors (Lipinski definition) is 1. The number of nitrogens with two attached hydrogens (primary N) is 1. The monoisotopic (exact) mass is 225 g/mol. The molecule has 2 rings (SSSR count). The molecule has 1 aromatic heterocycles. The SMILES string of the molecule is NC(CCl)=Nc1ccc2csnc2c1. The van der Waals surface area contributed by atoms with Crippen LogP contribution in [-0.4, -0.2) is 16.1 Å². The fourth-order valence-corrected chi connectivity index (χ4v) is 1.81. The molecule has 0 aliphatic rings. The van der Waals surface area contributed by atoms with Gasteiger partial charge in [0.2, 0.25) is 0 Å². The van der Waals surface area contributed by atoms with Gasteiger partial charge in [-0.3, -0.25) is 0 Å². The Balaban J connectivity index is 2.44. The summed E-state index contributed by atoms with van der Waals surface area (Å²) < 4.78 is 4.21. The van der Waals surface area contributed by atoms with Gasteiger partial charge in [0, 0.05) is 10.8 Å². The maximum Gasteiger partial charge on any atom is 0.115 e. The normalized spacial score (nSPS) is 12.2. The van der Waals surface area contributed by atoms with Gasteiger partial charge in [-0.25, -0.2) is 4.99 Å². The molecular weight excluding hydrogens is 218 g/mol. The van der Waals surface area contributed by atoms with Gasteiger partial charge in [-0.1, -0.05) is 0 Å². The first kappa shape index (κ1) is 9.43. The number of rotatable bonds is 2. The predicted octanol–water partition coefficient (Wildman–Crippen LogP) is 2.52. The second kappa shape index (κ2) is 3.94. The molecule has 5 heteroatoms. The minimum absolute atomic E-state index is 0.245. The molecule has 0 saturated heterocycles. The van der Waals surface area contributed by atoms with Gasteiger partial charge in [0.25, 0.3) is 0 Å². The van der Waals surface area contributed by atoms with E-state index in [1.807, 2.05) is 23.6 Å². The Morgan fingerprint density at radius 2 is 2.43 bits per heavy atom. The Kier molecular flexibility index (Phi) is 2.65. The van der Waals surface area contributed by atoms with E-state index in [0.29, 0.717) is 5.84 Å². The Bertz CT molecular complexity index is 478. The van der Waals surface area contributed by atoms with E-state index in [2.05, 4.69) is 9.37 Å². The van der Waals surface area contributed by atoms with E-state index in [1.165, 1.54) is 11.5 Å². The Morgan fingerprint density at radius 1 is 1.57 bits per heavy atom. The number of alkyl halides is 1. The van der Waals surface area contributed by atoms with Gasteiger partial charge in [-0.05, 0) is 29.7 Å². The van der Waals surface area contributed by atoms with Crippen molar-refractivity contribution in [1.82, 2.24) is 4.37 Å². The molecule has 0 aliphatic carbocycles. The number of benzene rings is 1. The van der Waals surface area contributed by atoms with Crippen molar-refractivity contribution in [1.29, 1.82) is 0 Å². The van der Waals surface area contributed by atoms with Gasteiger partial charge in [0.05, 0.1) is 17.1 Å². The average Bonchev–Trinajstić information content (AvgIpc) is 2.64. The average molecular weight is 226 g/mol. The van der Waals surface area contributed by atoms with Gasteiger partial charge in [-0.2, -0.15) is 4.37 Å². The second-order valence-electron chi connectivity index (χ2n) is 2.79. The molecule has 2 N–H and O–H groups in total. The summed E-state index contributed by atoms with van der Waals surface area (Å²) in [5.74, 6) is 0.663. The zero-order valence-corrected chi connectivity index (χ0v) is 8.85. The number of aliphatic imine (C=N–C) groups is 1. The van der Waals surface area contributed by atoms with E-state index in [-0.39, 0.29) is 5.88 Å². The molecule has 0 aliphatic heterocycles. The molecule has 0 saturated carbocycles. The van der Waals surface area contributed by atoms with Gasteiger partial charge in [0.15, 0.2) is 0 Å². The van der Waals surface area contributed by atoms with Crippen LogP contribution in [0.2, 0.25) is 0 Å². The summed E-state index contributed by atoms with van der Waals surface area (Å²) >= 11 is 6.96. The van der Waals surface area contributed by atoms with Crippen molar-refractivity contribution in [3.63, 3.8) is 0 Å². The molecule has 14 heavy (non-hydrogen) atoms. The summed E-state index contributed by atoms with van der Waals surface area (Å²) in [6.07, 6.45) is 0. The van der Waals surface area contributed by atoms with Gasteiger partial charge >= 0.3 is 0 Å². The zero-order valence-electron chi connectivity index (χ0n) is 7.27. The first-order valence-corrected chi connectivity index (χ1v) is 5.40. The number of halogens is 1. The molecule has 0 fully saturated rings. The van der Waals surface area contributed by atoms with Crippen molar-refractivity contribution in [3.8, 4) is 0 Å². The largest absolute Gasteiger partial charge is 0.386 e. The van der Waals surface area contributed by atoms with Crippen LogP contribution in [0, 0.1) is 0 Å². The van der Waals surface area contributed by atoms with Crippen molar-refractivity contribution < 1.29 is 0 Å². The molecule has 1 heterocycles. The van der Waals surface area contributed by atoms with Gasteiger partial charge in [-0.15, -0.1) is 11.6 Å². The molecular formula is C9H8ClN3S.